The molecule has 0 aliphatic carbocycles. The summed E-state index contributed by atoms with van der Waals surface area (Å²) in [5.74, 6) is -0.234. The highest BCUT2D eigenvalue weighted by Gasteiger charge is 2.29. The van der Waals surface area contributed by atoms with Crippen molar-refractivity contribution in [1.29, 1.82) is 0 Å². The standard InChI is InChI=1S/C10H14N4O3S.ClH/c11-3-4-12-10(15)8-2-1-5-14-6-7-18(16,17)13-9(8)14;/h1-2,5H,3-4,6-7,11H2,(H,12,15);1H. The van der Waals surface area contributed by atoms with E-state index in [0.29, 0.717) is 19.6 Å². The normalized spacial score (nSPS) is 19.7. The molecular weight excluding hydrogens is 292 g/mol. The van der Waals surface area contributed by atoms with E-state index in [1.807, 2.05) is 0 Å². The van der Waals surface area contributed by atoms with Crippen LogP contribution in [0.4, 0.5) is 0 Å². The van der Waals surface area contributed by atoms with Gasteiger partial charge in [0, 0.05) is 25.8 Å². The first-order valence-electron chi connectivity index (χ1n) is 5.50. The van der Waals surface area contributed by atoms with Crippen molar-refractivity contribution in [3.63, 3.8) is 0 Å². The Balaban J connectivity index is 0.00000180. The fourth-order valence-electron chi connectivity index (χ4n) is 1.67. The van der Waals surface area contributed by atoms with Crippen LogP contribution in [-0.2, 0) is 14.8 Å². The number of amidine groups is 1. The minimum absolute atomic E-state index is 0. The fourth-order valence-corrected chi connectivity index (χ4v) is 2.66. The van der Waals surface area contributed by atoms with Crippen LogP contribution in [-0.4, -0.2) is 50.4 Å². The van der Waals surface area contributed by atoms with Crippen LogP contribution in [0.5, 0.6) is 0 Å². The summed E-state index contributed by atoms with van der Waals surface area (Å²) in [6.07, 6.45) is 4.93. The number of carbonyl (C=O) groups excluding carboxylic acids is 1. The Morgan fingerprint density at radius 2 is 2.26 bits per heavy atom. The van der Waals surface area contributed by atoms with Crippen molar-refractivity contribution in [3.8, 4) is 0 Å². The third-order valence-corrected chi connectivity index (χ3v) is 3.68. The number of rotatable bonds is 3. The maximum atomic E-state index is 11.9. The molecule has 0 radical (unpaired) electrons. The summed E-state index contributed by atoms with van der Waals surface area (Å²) < 4.78 is 26.6. The number of nitrogens with two attached hydrogens (primary N) is 1. The fraction of sp³-hybridized carbons (Fsp3) is 0.400. The highest BCUT2D eigenvalue weighted by atomic mass is 35.5. The van der Waals surface area contributed by atoms with E-state index >= 15 is 0 Å². The van der Waals surface area contributed by atoms with Crippen LogP contribution in [0.25, 0.3) is 0 Å². The quantitative estimate of drug-likeness (QED) is 0.694. The molecule has 3 N–H and O–H groups in total. The van der Waals surface area contributed by atoms with Crippen LogP contribution in [0.2, 0.25) is 0 Å². The summed E-state index contributed by atoms with van der Waals surface area (Å²) in [4.78, 5) is 13.5. The zero-order chi connectivity index (χ0) is 13.2. The topological polar surface area (TPSA) is 105 Å². The van der Waals surface area contributed by atoms with Gasteiger partial charge in [-0.15, -0.1) is 16.8 Å². The van der Waals surface area contributed by atoms with Gasteiger partial charge in [-0.2, -0.15) is 0 Å². The molecule has 2 aliphatic rings. The van der Waals surface area contributed by atoms with Gasteiger partial charge in [0.05, 0.1) is 11.3 Å². The average Bonchev–Trinajstić information content (AvgIpc) is 2.34. The van der Waals surface area contributed by atoms with Crippen molar-refractivity contribution in [1.82, 2.24) is 10.2 Å². The largest absolute Gasteiger partial charge is 0.351 e. The molecule has 19 heavy (non-hydrogen) atoms. The number of nitrogens with zero attached hydrogens (tertiary/aromatic N) is 2. The minimum Gasteiger partial charge on any atom is -0.351 e. The van der Waals surface area contributed by atoms with Gasteiger partial charge in [0.1, 0.15) is 0 Å². The van der Waals surface area contributed by atoms with Gasteiger partial charge < -0.3 is 16.0 Å². The van der Waals surface area contributed by atoms with Gasteiger partial charge in [0.2, 0.25) is 0 Å². The highest BCUT2D eigenvalue weighted by molar-refractivity contribution is 7.90. The number of allylic oxidation sites excluding steroid dienone is 2. The second-order valence-corrected chi connectivity index (χ2v) is 5.62. The molecule has 0 atom stereocenters. The van der Waals surface area contributed by atoms with Crippen molar-refractivity contribution in [2.24, 2.45) is 10.1 Å². The zero-order valence-electron chi connectivity index (χ0n) is 10.1. The van der Waals surface area contributed by atoms with Crippen molar-refractivity contribution < 1.29 is 13.2 Å². The summed E-state index contributed by atoms with van der Waals surface area (Å²) in [6, 6.07) is 0. The third-order valence-electron chi connectivity index (χ3n) is 2.53. The van der Waals surface area contributed by atoms with Crippen LogP contribution in [0, 0.1) is 0 Å². The molecule has 1 amide bonds. The summed E-state index contributed by atoms with van der Waals surface area (Å²) in [5, 5.41) is 2.59. The van der Waals surface area contributed by atoms with Gasteiger partial charge >= 0.3 is 0 Å². The first kappa shape index (κ1) is 15.7. The minimum atomic E-state index is -3.47. The van der Waals surface area contributed by atoms with Crippen LogP contribution >= 0.6 is 12.4 Å². The van der Waals surface area contributed by atoms with Gasteiger partial charge in [-0.3, -0.25) is 4.79 Å². The van der Waals surface area contributed by atoms with Crippen LogP contribution in [0.3, 0.4) is 0 Å². The molecule has 0 aromatic carbocycles. The lowest BCUT2D eigenvalue weighted by Crippen LogP contribution is -2.42. The lowest BCUT2D eigenvalue weighted by molar-refractivity contribution is -0.117. The van der Waals surface area contributed by atoms with Crippen molar-refractivity contribution in [3.05, 3.63) is 23.9 Å². The van der Waals surface area contributed by atoms with E-state index in [1.54, 1.807) is 23.3 Å². The molecule has 2 heterocycles. The molecule has 7 nitrogen and oxygen atoms in total. The zero-order valence-corrected chi connectivity index (χ0v) is 11.7. The van der Waals surface area contributed by atoms with E-state index in [2.05, 4.69) is 9.71 Å². The van der Waals surface area contributed by atoms with E-state index in [0.717, 1.165) is 0 Å². The first-order chi connectivity index (χ1) is 8.53. The Labute approximate surface area is 117 Å². The number of hydrogen-bond donors (Lipinski definition) is 2. The van der Waals surface area contributed by atoms with Gasteiger partial charge in [-0.25, -0.2) is 8.42 Å². The van der Waals surface area contributed by atoms with Gasteiger partial charge in [0.15, 0.2) is 5.84 Å². The maximum absolute atomic E-state index is 11.9. The molecule has 0 saturated carbocycles. The number of hydrogen-bond acceptors (Lipinski definition) is 5. The van der Waals surface area contributed by atoms with Gasteiger partial charge in [0.25, 0.3) is 15.9 Å². The predicted molar refractivity (Wildman–Crippen MR) is 74.5 cm³/mol. The number of fused-ring (bicyclic) bond motifs is 1. The molecule has 2 aliphatic heterocycles. The van der Waals surface area contributed by atoms with Crippen LogP contribution in [0.1, 0.15) is 0 Å². The molecule has 0 spiro atoms. The molecule has 106 valence electrons. The Morgan fingerprint density at radius 3 is 2.95 bits per heavy atom. The van der Waals surface area contributed by atoms with Crippen molar-refractivity contribution in [2.45, 2.75) is 0 Å². The molecule has 0 bridgehead atoms. The van der Waals surface area contributed by atoms with E-state index in [9.17, 15) is 13.2 Å². The number of amides is 1. The van der Waals surface area contributed by atoms with E-state index in [-0.39, 0.29) is 35.5 Å². The third kappa shape index (κ3) is 3.55. The van der Waals surface area contributed by atoms with E-state index in [4.69, 9.17) is 5.73 Å². The molecule has 0 unspecified atom stereocenters. The molecule has 0 saturated heterocycles. The smallest absolute Gasteiger partial charge is 0.256 e. The second-order valence-electron chi connectivity index (χ2n) is 3.86. The molecule has 9 heteroatoms. The number of sulfonamides is 1. The number of halogens is 1. The predicted octanol–water partition coefficient (Wildman–Crippen LogP) is -1.02. The second kappa shape index (κ2) is 6.18. The Hall–Kier alpha value is -1.38. The van der Waals surface area contributed by atoms with Crippen LogP contribution in [0.15, 0.2) is 28.3 Å². The molecule has 0 aromatic rings. The molecule has 0 aromatic heterocycles. The molecule has 2 rings (SSSR count). The molecular formula is C10H15ClN4O3S. The number of nitrogens with one attached hydrogen (secondary N) is 1. The monoisotopic (exact) mass is 306 g/mol. The highest BCUT2D eigenvalue weighted by Crippen LogP contribution is 2.17. The van der Waals surface area contributed by atoms with Gasteiger partial charge in [-0.1, -0.05) is 0 Å². The lowest BCUT2D eigenvalue weighted by Gasteiger charge is -2.28. The van der Waals surface area contributed by atoms with Crippen molar-refractivity contribution >= 4 is 34.2 Å². The van der Waals surface area contributed by atoms with Crippen molar-refractivity contribution in [2.75, 3.05) is 25.4 Å². The maximum Gasteiger partial charge on any atom is 0.256 e. The van der Waals surface area contributed by atoms with Crippen LogP contribution < -0.4 is 11.1 Å². The van der Waals surface area contributed by atoms with E-state index in [1.165, 1.54) is 0 Å². The molecule has 0 fully saturated rings. The lowest BCUT2D eigenvalue weighted by atomic mass is 10.1. The average molecular weight is 307 g/mol. The number of carbonyl (C=O) groups is 1. The summed E-state index contributed by atoms with van der Waals surface area (Å²) in [7, 11) is -3.47. The van der Waals surface area contributed by atoms with E-state index < -0.39 is 10.0 Å². The Morgan fingerprint density at radius 1 is 1.53 bits per heavy atom. The summed E-state index contributed by atoms with van der Waals surface area (Å²) >= 11 is 0. The Kier molecular flexibility index (Phi) is 5.10. The summed E-state index contributed by atoms with van der Waals surface area (Å²) in [6.45, 7) is 0.961. The summed E-state index contributed by atoms with van der Waals surface area (Å²) in [5.41, 5.74) is 5.54. The Bertz CT molecular complexity index is 553. The van der Waals surface area contributed by atoms with Gasteiger partial charge in [-0.05, 0) is 12.2 Å². The SMILES string of the molecule is Cl.NCCNC(=O)C1=CC=CN2CCS(=O)(=O)N=C12. The first-order valence-corrected chi connectivity index (χ1v) is 7.11.